The Bertz CT molecular complexity index is 638. The van der Waals surface area contributed by atoms with Crippen LogP contribution in [0.5, 0.6) is 0 Å². The van der Waals surface area contributed by atoms with E-state index in [1.807, 2.05) is 22.6 Å². The molecule has 0 heterocycles. The zero-order chi connectivity index (χ0) is 14.3. The van der Waals surface area contributed by atoms with Crippen LogP contribution in [0.2, 0.25) is 0 Å². The molecular weight excluding hydrogens is 378 g/mol. The van der Waals surface area contributed by atoms with Crippen molar-refractivity contribution in [3.05, 3.63) is 56.4 Å². The monoisotopic (exact) mass is 384 g/mol. The van der Waals surface area contributed by atoms with Gasteiger partial charge in [0.05, 0.1) is 5.56 Å². The van der Waals surface area contributed by atoms with Crippen LogP contribution in [0.4, 0.5) is 22.0 Å². The van der Waals surface area contributed by atoms with Crippen molar-refractivity contribution >= 4 is 22.6 Å². The van der Waals surface area contributed by atoms with Crippen LogP contribution in [-0.4, -0.2) is 0 Å². The van der Waals surface area contributed by atoms with Crippen molar-refractivity contribution in [2.75, 3.05) is 0 Å². The van der Waals surface area contributed by atoms with Gasteiger partial charge in [-0.05, 0) is 46.7 Å². The van der Waals surface area contributed by atoms with Crippen molar-refractivity contribution in [3.8, 4) is 11.1 Å². The molecule has 0 radical (unpaired) electrons. The number of halogens is 6. The molecule has 0 bridgehead atoms. The maximum absolute atomic E-state index is 13.6. The zero-order valence-corrected chi connectivity index (χ0v) is 11.7. The minimum atomic E-state index is -2.15. The van der Waals surface area contributed by atoms with E-state index in [9.17, 15) is 22.0 Å². The molecule has 0 unspecified atom stereocenters. The summed E-state index contributed by atoms with van der Waals surface area (Å²) < 4.78 is 67.2. The average molecular weight is 384 g/mol. The highest BCUT2D eigenvalue weighted by atomic mass is 127. The van der Waals surface area contributed by atoms with Crippen molar-refractivity contribution < 1.29 is 22.0 Å². The number of rotatable bonds is 1. The van der Waals surface area contributed by atoms with Crippen LogP contribution < -0.4 is 0 Å². The highest BCUT2D eigenvalue weighted by Crippen LogP contribution is 2.32. The van der Waals surface area contributed by atoms with Crippen LogP contribution >= 0.6 is 22.6 Å². The second kappa shape index (κ2) is 5.07. The Morgan fingerprint density at radius 2 is 1.26 bits per heavy atom. The molecule has 6 heteroatoms. The summed E-state index contributed by atoms with van der Waals surface area (Å²) in [6.45, 7) is 1.68. The van der Waals surface area contributed by atoms with Gasteiger partial charge in [-0.1, -0.05) is 12.1 Å². The molecule has 0 nitrogen and oxygen atoms in total. The molecule has 0 aliphatic carbocycles. The van der Waals surface area contributed by atoms with Gasteiger partial charge in [0.1, 0.15) is 0 Å². The van der Waals surface area contributed by atoms with Crippen LogP contribution in [0.3, 0.4) is 0 Å². The standard InChI is InChI=1S/C13H6F5I/c1-5-4-6(2-3-7(5)19)8-9(14)11(16)13(18)12(17)10(8)15/h2-4H,1H3. The number of hydrogen-bond donors (Lipinski definition) is 0. The van der Waals surface area contributed by atoms with E-state index in [-0.39, 0.29) is 5.56 Å². The Morgan fingerprint density at radius 3 is 1.74 bits per heavy atom. The SMILES string of the molecule is Cc1cc(-c2c(F)c(F)c(F)c(F)c2F)ccc1I. The molecule has 0 aromatic heterocycles. The second-order valence-corrected chi connectivity index (χ2v) is 5.07. The first kappa shape index (κ1) is 14.2. The lowest BCUT2D eigenvalue weighted by Crippen LogP contribution is -2.04. The molecule has 2 rings (SSSR count). The zero-order valence-electron chi connectivity index (χ0n) is 9.50. The van der Waals surface area contributed by atoms with Crippen LogP contribution in [0.25, 0.3) is 11.1 Å². The number of aryl methyl sites for hydroxylation is 1. The van der Waals surface area contributed by atoms with Gasteiger partial charge in [0.2, 0.25) is 5.82 Å². The van der Waals surface area contributed by atoms with E-state index in [2.05, 4.69) is 0 Å². The summed E-state index contributed by atoms with van der Waals surface area (Å²) in [7, 11) is 0. The third-order valence-corrected chi connectivity index (χ3v) is 3.87. The summed E-state index contributed by atoms with van der Waals surface area (Å²) >= 11 is 2.00. The average Bonchev–Trinajstić information content (AvgIpc) is 2.38. The smallest absolute Gasteiger partial charge is 0.200 e. The van der Waals surface area contributed by atoms with Gasteiger partial charge in [0.15, 0.2) is 23.3 Å². The lowest BCUT2D eigenvalue weighted by molar-refractivity contribution is 0.381. The third-order valence-electron chi connectivity index (χ3n) is 2.66. The summed E-state index contributed by atoms with van der Waals surface area (Å²) in [6, 6.07) is 4.23. The molecule has 19 heavy (non-hydrogen) atoms. The van der Waals surface area contributed by atoms with Gasteiger partial charge < -0.3 is 0 Å². The van der Waals surface area contributed by atoms with Gasteiger partial charge in [-0.15, -0.1) is 0 Å². The summed E-state index contributed by atoms with van der Waals surface area (Å²) in [5.41, 5.74) is -0.274. The quantitative estimate of drug-likeness (QED) is 0.282. The molecule has 0 aliphatic rings. The fourth-order valence-electron chi connectivity index (χ4n) is 1.66. The summed E-state index contributed by atoms with van der Waals surface area (Å²) in [5, 5.41) is 0. The predicted molar refractivity (Wildman–Crippen MR) is 69.1 cm³/mol. The van der Waals surface area contributed by atoms with Gasteiger partial charge >= 0.3 is 0 Å². The maximum atomic E-state index is 13.6. The van der Waals surface area contributed by atoms with Gasteiger partial charge in [0.25, 0.3) is 0 Å². The van der Waals surface area contributed by atoms with Crippen molar-refractivity contribution in [3.63, 3.8) is 0 Å². The summed E-state index contributed by atoms with van der Waals surface area (Å²) in [4.78, 5) is 0. The molecule has 0 spiro atoms. The van der Waals surface area contributed by atoms with Crippen LogP contribution in [0, 0.1) is 39.6 Å². The molecular formula is C13H6F5I. The van der Waals surface area contributed by atoms with E-state index >= 15 is 0 Å². The number of hydrogen-bond acceptors (Lipinski definition) is 0. The van der Waals surface area contributed by atoms with Crippen molar-refractivity contribution in [1.29, 1.82) is 0 Å². The topological polar surface area (TPSA) is 0 Å². The van der Waals surface area contributed by atoms with E-state index in [0.717, 1.165) is 3.57 Å². The normalized spacial score (nSPS) is 10.9. The Kier molecular flexibility index (Phi) is 3.80. The van der Waals surface area contributed by atoms with Gasteiger partial charge in [-0.3, -0.25) is 0 Å². The Morgan fingerprint density at radius 1 is 0.789 bits per heavy atom. The van der Waals surface area contributed by atoms with Crippen LogP contribution in [0.1, 0.15) is 5.56 Å². The molecule has 100 valence electrons. The van der Waals surface area contributed by atoms with Crippen molar-refractivity contribution in [2.24, 2.45) is 0 Å². The van der Waals surface area contributed by atoms with Gasteiger partial charge in [-0.2, -0.15) is 0 Å². The maximum Gasteiger partial charge on any atom is 0.200 e. The molecule has 0 atom stereocenters. The highest BCUT2D eigenvalue weighted by molar-refractivity contribution is 14.1. The van der Waals surface area contributed by atoms with E-state index in [4.69, 9.17) is 0 Å². The molecule has 0 amide bonds. The summed E-state index contributed by atoms with van der Waals surface area (Å²) in [5.74, 6) is -9.68. The van der Waals surface area contributed by atoms with Crippen LogP contribution in [-0.2, 0) is 0 Å². The lowest BCUT2D eigenvalue weighted by atomic mass is 10.0. The Labute approximate surface area is 119 Å². The Hall–Kier alpha value is -1.18. The molecule has 2 aromatic rings. The van der Waals surface area contributed by atoms with E-state index in [1.54, 1.807) is 13.0 Å². The molecule has 0 saturated carbocycles. The third kappa shape index (κ3) is 2.33. The first-order valence-electron chi connectivity index (χ1n) is 5.12. The first-order chi connectivity index (χ1) is 8.84. The fourth-order valence-corrected chi connectivity index (χ4v) is 1.99. The fraction of sp³-hybridized carbons (Fsp3) is 0.0769. The largest absolute Gasteiger partial charge is 0.203 e. The van der Waals surface area contributed by atoms with Crippen molar-refractivity contribution in [2.45, 2.75) is 6.92 Å². The highest BCUT2D eigenvalue weighted by Gasteiger charge is 2.26. The van der Waals surface area contributed by atoms with E-state index in [0.29, 0.717) is 5.56 Å². The van der Waals surface area contributed by atoms with Gasteiger partial charge in [-0.25, -0.2) is 22.0 Å². The predicted octanol–water partition coefficient (Wildman–Crippen LogP) is 4.96. The van der Waals surface area contributed by atoms with Gasteiger partial charge in [0, 0.05) is 3.57 Å². The Balaban J connectivity index is 2.79. The minimum absolute atomic E-state index is 0.0503. The van der Waals surface area contributed by atoms with E-state index in [1.165, 1.54) is 12.1 Å². The van der Waals surface area contributed by atoms with Crippen LogP contribution in [0.15, 0.2) is 18.2 Å². The number of benzene rings is 2. The lowest BCUT2D eigenvalue weighted by Gasteiger charge is -2.09. The molecule has 0 N–H and O–H groups in total. The minimum Gasteiger partial charge on any atom is -0.203 e. The van der Waals surface area contributed by atoms with E-state index < -0.39 is 34.6 Å². The van der Waals surface area contributed by atoms with Crippen molar-refractivity contribution in [1.82, 2.24) is 0 Å². The molecule has 0 aliphatic heterocycles. The molecule has 0 saturated heterocycles. The first-order valence-corrected chi connectivity index (χ1v) is 6.20. The summed E-state index contributed by atoms with van der Waals surface area (Å²) in [6.07, 6.45) is 0. The molecule has 2 aromatic carbocycles. The second-order valence-electron chi connectivity index (χ2n) is 3.91. The molecule has 0 fully saturated rings.